The number of hydrogen-bond donors (Lipinski definition) is 2. The Hall–Kier alpha value is -2.63. The molecule has 2 N–H and O–H groups in total. The molecule has 5 nitrogen and oxygen atoms in total. The summed E-state index contributed by atoms with van der Waals surface area (Å²) in [5, 5.41) is 5.66. The second-order valence-corrected chi connectivity index (χ2v) is 5.94. The minimum atomic E-state index is -0.538. The van der Waals surface area contributed by atoms with Crippen LogP contribution in [0.25, 0.3) is 0 Å². The van der Waals surface area contributed by atoms with Crippen LogP contribution in [0.4, 0.5) is 15.9 Å². The summed E-state index contributed by atoms with van der Waals surface area (Å²) in [7, 11) is 5.56. The Morgan fingerprint density at radius 2 is 2.04 bits per heavy atom. The van der Waals surface area contributed by atoms with E-state index in [1.165, 1.54) is 12.1 Å². The van der Waals surface area contributed by atoms with Crippen molar-refractivity contribution in [3.63, 3.8) is 0 Å². The van der Waals surface area contributed by atoms with Crippen LogP contribution in [0.5, 0.6) is 0 Å². The summed E-state index contributed by atoms with van der Waals surface area (Å²) in [5.74, 6) is -0.0776. The molecule has 0 fully saturated rings. The summed E-state index contributed by atoms with van der Waals surface area (Å²) < 4.78 is 14.0. The molecule has 0 radical (unpaired) electrons. The van der Waals surface area contributed by atoms with Gasteiger partial charge in [0.1, 0.15) is 11.6 Å². The first kappa shape index (κ1) is 17.7. The number of aromatic nitrogens is 1. The summed E-state index contributed by atoms with van der Waals surface area (Å²) in [6.45, 7) is 1.89. The molecule has 1 atom stereocenters. The number of pyridine rings is 1. The highest BCUT2D eigenvalue weighted by Crippen LogP contribution is 2.15. The van der Waals surface area contributed by atoms with Crippen LogP contribution >= 0.6 is 0 Å². The van der Waals surface area contributed by atoms with Gasteiger partial charge < -0.3 is 15.5 Å². The smallest absolute Gasteiger partial charge is 0.254 e. The largest absolute Gasteiger partial charge is 0.388 e. The van der Waals surface area contributed by atoms with Crippen LogP contribution in [0, 0.1) is 5.82 Å². The van der Waals surface area contributed by atoms with Crippen molar-refractivity contribution in [2.75, 3.05) is 31.4 Å². The maximum absolute atomic E-state index is 14.0. The maximum atomic E-state index is 14.0. The lowest BCUT2D eigenvalue weighted by molar-refractivity contribution is 0.0936. The summed E-state index contributed by atoms with van der Waals surface area (Å²) >= 11 is 0. The van der Waals surface area contributed by atoms with Gasteiger partial charge in [-0.25, -0.2) is 9.37 Å². The molecule has 0 spiro atoms. The molecular formula is C18H23FN4O. The molecule has 1 heterocycles. The third kappa shape index (κ3) is 4.44. The number of benzene rings is 1. The number of nitrogens with one attached hydrogen (secondary N) is 2. The molecular weight excluding hydrogens is 307 g/mol. The minimum Gasteiger partial charge on any atom is -0.388 e. The average Bonchev–Trinajstić information content (AvgIpc) is 2.54. The zero-order chi connectivity index (χ0) is 17.7. The first-order valence-electron chi connectivity index (χ1n) is 7.81. The normalized spacial score (nSPS) is 11.7. The van der Waals surface area contributed by atoms with Crippen LogP contribution in [0.3, 0.4) is 0 Å². The zero-order valence-corrected chi connectivity index (χ0v) is 14.4. The Morgan fingerprint density at radius 3 is 2.58 bits per heavy atom. The van der Waals surface area contributed by atoms with Crippen molar-refractivity contribution >= 4 is 17.4 Å². The monoisotopic (exact) mass is 330 g/mol. The van der Waals surface area contributed by atoms with Gasteiger partial charge in [-0.05, 0) is 43.2 Å². The molecule has 0 aliphatic rings. The number of anilines is 2. The van der Waals surface area contributed by atoms with E-state index in [1.54, 1.807) is 19.3 Å². The van der Waals surface area contributed by atoms with Crippen LogP contribution in [0.2, 0.25) is 0 Å². The average molecular weight is 330 g/mol. The van der Waals surface area contributed by atoms with Crippen LogP contribution in [-0.2, 0) is 6.42 Å². The SMILES string of the molecule is CNc1ccc(C(=O)NC(C)Cc2ccc(N(C)C)nc2)c(F)c1. The summed E-state index contributed by atoms with van der Waals surface area (Å²) in [6, 6.07) is 8.24. The van der Waals surface area contributed by atoms with E-state index in [-0.39, 0.29) is 11.6 Å². The number of amides is 1. The van der Waals surface area contributed by atoms with E-state index in [1.807, 2.05) is 38.1 Å². The second kappa shape index (κ2) is 7.77. The van der Waals surface area contributed by atoms with Gasteiger partial charge in [0.25, 0.3) is 5.91 Å². The third-order valence-corrected chi connectivity index (χ3v) is 3.69. The predicted octanol–water partition coefficient (Wildman–Crippen LogP) is 2.69. The van der Waals surface area contributed by atoms with E-state index in [0.29, 0.717) is 12.1 Å². The minimum absolute atomic E-state index is 0.0435. The van der Waals surface area contributed by atoms with E-state index in [0.717, 1.165) is 11.4 Å². The van der Waals surface area contributed by atoms with Crippen molar-refractivity contribution in [3.8, 4) is 0 Å². The van der Waals surface area contributed by atoms with Crippen LogP contribution in [-0.4, -0.2) is 38.1 Å². The van der Waals surface area contributed by atoms with Gasteiger partial charge in [-0.2, -0.15) is 0 Å². The highest BCUT2D eigenvalue weighted by Gasteiger charge is 2.15. The molecule has 1 aromatic heterocycles. The van der Waals surface area contributed by atoms with Gasteiger partial charge in [0, 0.05) is 39.1 Å². The molecule has 2 rings (SSSR count). The van der Waals surface area contributed by atoms with Gasteiger partial charge in [-0.1, -0.05) is 6.07 Å². The lowest BCUT2D eigenvalue weighted by atomic mass is 10.1. The number of rotatable bonds is 6. The molecule has 0 saturated carbocycles. The molecule has 6 heteroatoms. The Labute approximate surface area is 141 Å². The van der Waals surface area contributed by atoms with Crippen molar-refractivity contribution in [1.82, 2.24) is 10.3 Å². The Bertz CT molecular complexity index is 701. The molecule has 1 aromatic carbocycles. The van der Waals surface area contributed by atoms with Crippen molar-refractivity contribution < 1.29 is 9.18 Å². The lowest BCUT2D eigenvalue weighted by Gasteiger charge is -2.16. The van der Waals surface area contributed by atoms with Gasteiger partial charge in [0.15, 0.2) is 0 Å². The van der Waals surface area contributed by atoms with Crippen molar-refractivity contribution in [3.05, 3.63) is 53.5 Å². The van der Waals surface area contributed by atoms with E-state index >= 15 is 0 Å². The lowest BCUT2D eigenvalue weighted by Crippen LogP contribution is -2.34. The molecule has 1 amide bonds. The quantitative estimate of drug-likeness (QED) is 0.855. The van der Waals surface area contributed by atoms with Crippen molar-refractivity contribution in [2.24, 2.45) is 0 Å². The fraction of sp³-hybridized carbons (Fsp3) is 0.333. The third-order valence-electron chi connectivity index (χ3n) is 3.69. The molecule has 128 valence electrons. The van der Waals surface area contributed by atoms with Gasteiger partial charge >= 0.3 is 0 Å². The Morgan fingerprint density at radius 1 is 1.29 bits per heavy atom. The molecule has 0 bridgehead atoms. The van der Waals surface area contributed by atoms with E-state index < -0.39 is 11.7 Å². The van der Waals surface area contributed by atoms with Gasteiger partial charge in [-0.15, -0.1) is 0 Å². The fourth-order valence-electron chi connectivity index (χ4n) is 2.36. The number of carbonyl (C=O) groups is 1. The molecule has 2 aromatic rings. The number of nitrogens with zero attached hydrogens (tertiary/aromatic N) is 2. The molecule has 0 aliphatic carbocycles. The topological polar surface area (TPSA) is 57.3 Å². The summed E-state index contributed by atoms with van der Waals surface area (Å²) in [6.07, 6.45) is 2.42. The first-order chi connectivity index (χ1) is 11.4. The van der Waals surface area contributed by atoms with Crippen molar-refractivity contribution in [1.29, 1.82) is 0 Å². The Balaban J connectivity index is 1.98. The molecule has 0 aliphatic heterocycles. The fourth-order valence-corrected chi connectivity index (χ4v) is 2.36. The Kier molecular flexibility index (Phi) is 5.73. The predicted molar refractivity (Wildman–Crippen MR) is 95.1 cm³/mol. The summed E-state index contributed by atoms with van der Waals surface area (Å²) in [4.78, 5) is 18.5. The van der Waals surface area contributed by atoms with E-state index in [9.17, 15) is 9.18 Å². The van der Waals surface area contributed by atoms with Gasteiger partial charge in [0.05, 0.1) is 5.56 Å². The van der Waals surface area contributed by atoms with Crippen LogP contribution in [0.15, 0.2) is 36.5 Å². The zero-order valence-electron chi connectivity index (χ0n) is 14.4. The first-order valence-corrected chi connectivity index (χ1v) is 7.81. The van der Waals surface area contributed by atoms with Crippen LogP contribution in [0.1, 0.15) is 22.8 Å². The second-order valence-electron chi connectivity index (χ2n) is 5.94. The van der Waals surface area contributed by atoms with Crippen LogP contribution < -0.4 is 15.5 Å². The van der Waals surface area contributed by atoms with Gasteiger partial charge in [0.2, 0.25) is 0 Å². The molecule has 24 heavy (non-hydrogen) atoms. The standard InChI is InChI=1S/C18H23FN4O/c1-12(9-13-5-8-17(21-11-13)23(3)4)22-18(24)15-7-6-14(20-2)10-16(15)19/h5-8,10-12,20H,9H2,1-4H3,(H,22,24). The van der Waals surface area contributed by atoms with Crippen molar-refractivity contribution in [2.45, 2.75) is 19.4 Å². The molecule has 1 unspecified atom stereocenters. The van der Waals surface area contributed by atoms with E-state index in [2.05, 4.69) is 15.6 Å². The maximum Gasteiger partial charge on any atom is 0.254 e. The van der Waals surface area contributed by atoms with E-state index in [4.69, 9.17) is 0 Å². The number of halogens is 1. The summed E-state index contributed by atoms with van der Waals surface area (Å²) in [5.41, 5.74) is 1.69. The van der Waals surface area contributed by atoms with Gasteiger partial charge in [-0.3, -0.25) is 4.79 Å². The highest BCUT2D eigenvalue weighted by atomic mass is 19.1. The number of hydrogen-bond acceptors (Lipinski definition) is 4. The molecule has 0 saturated heterocycles. The number of carbonyl (C=O) groups excluding carboxylic acids is 1. The highest BCUT2D eigenvalue weighted by molar-refractivity contribution is 5.95.